The van der Waals surface area contributed by atoms with Crippen LogP contribution in [0, 0.1) is 5.41 Å². The summed E-state index contributed by atoms with van der Waals surface area (Å²) < 4.78 is 0. The maximum atomic E-state index is 12.3. The van der Waals surface area contributed by atoms with Gasteiger partial charge >= 0.3 is 6.03 Å². The Morgan fingerprint density at radius 2 is 1.83 bits per heavy atom. The Hall–Kier alpha value is -2.10. The molecule has 0 bridgehead atoms. The number of carbonyl (C=O) groups is 2. The van der Waals surface area contributed by atoms with Gasteiger partial charge < -0.3 is 5.32 Å². The predicted octanol–water partition coefficient (Wildman–Crippen LogP) is 1.93. The molecule has 1 aromatic carbocycles. The van der Waals surface area contributed by atoms with Gasteiger partial charge in [0, 0.05) is 5.41 Å². The first-order chi connectivity index (χ1) is 8.44. The molecule has 1 saturated heterocycles. The number of rotatable bonds is 3. The molecule has 0 aliphatic carbocycles. The Morgan fingerprint density at radius 3 is 2.28 bits per heavy atom. The highest BCUT2D eigenvalue weighted by Gasteiger charge is 2.56. The molecule has 94 valence electrons. The number of hydrogen-bond donors (Lipinski definition) is 2. The van der Waals surface area contributed by atoms with Crippen LogP contribution in [0.25, 0.3) is 0 Å². The van der Waals surface area contributed by atoms with Crippen molar-refractivity contribution in [2.24, 2.45) is 5.41 Å². The fraction of sp³-hybridized carbons (Fsp3) is 0.286. The molecule has 2 N–H and O–H groups in total. The molecular weight excluding hydrogens is 228 g/mol. The van der Waals surface area contributed by atoms with E-state index in [0.717, 1.165) is 5.56 Å². The second kappa shape index (κ2) is 3.98. The Balaban J connectivity index is 2.66. The van der Waals surface area contributed by atoms with E-state index in [2.05, 4.69) is 17.2 Å². The van der Waals surface area contributed by atoms with Gasteiger partial charge in [0.15, 0.2) is 5.54 Å². The van der Waals surface area contributed by atoms with Gasteiger partial charge in [-0.05, 0) is 5.56 Å². The summed E-state index contributed by atoms with van der Waals surface area (Å²) in [4.78, 5) is 23.8. The van der Waals surface area contributed by atoms with Crippen LogP contribution < -0.4 is 10.6 Å². The van der Waals surface area contributed by atoms with Crippen LogP contribution in [0.2, 0.25) is 0 Å². The van der Waals surface area contributed by atoms with Crippen LogP contribution in [0.5, 0.6) is 0 Å². The fourth-order valence-corrected chi connectivity index (χ4v) is 2.33. The molecule has 1 heterocycles. The van der Waals surface area contributed by atoms with E-state index in [1.54, 1.807) is 6.08 Å². The van der Waals surface area contributed by atoms with Crippen LogP contribution in [0.1, 0.15) is 19.4 Å². The molecule has 1 aliphatic rings. The lowest BCUT2D eigenvalue weighted by molar-refractivity contribution is -0.127. The summed E-state index contributed by atoms with van der Waals surface area (Å²) >= 11 is 0. The molecular formula is C14H16N2O2. The number of hydrogen-bond acceptors (Lipinski definition) is 2. The smallest absolute Gasteiger partial charge is 0.319 e. The third-order valence-electron chi connectivity index (χ3n) is 3.55. The van der Waals surface area contributed by atoms with E-state index in [-0.39, 0.29) is 5.91 Å². The van der Waals surface area contributed by atoms with Crippen molar-refractivity contribution in [1.82, 2.24) is 10.6 Å². The van der Waals surface area contributed by atoms with Crippen molar-refractivity contribution in [1.29, 1.82) is 0 Å². The van der Waals surface area contributed by atoms with Crippen molar-refractivity contribution in [3.63, 3.8) is 0 Å². The average Bonchev–Trinajstić information content (AvgIpc) is 2.67. The summed E-state index contributed by atoms with van der Waals surface area (Å²) in [5, 5.41) is 5.06. The van der Waals surface area contributed by atoms with Crippen molar-refractivity contribution < 1.29 is 9.59 Å². The summed E-state index contributed by atoms with van der Waals surface area (Å²) in [5.74, 6) is -0.344. The third kappa shape index (κ3) is 1.53. The molecule has 1 aromatic rings. The van der Waals surface area contributed by atoms with Crippen molar-refractivity contribution in [3.8, 4) is 0 Å². The molecule has 1 unspecified atom stereocenters. The lowest BCUT2D eigenvalue weighted by Crippen LogP contribution is -2.54. The van der Waals surface area contributed by atoms with Crippen LogP contribution in [-0.4, -0.2) is 11.9 Å². The Kier molecular flexibility index (Phi) is 2.73. The first-order valence-corrected chi connectivity index (χ1v) is 5.77. The highest BCUT2D eigenvalue weighted by atomic mass is 16.2. The van der Waals surface area contributed by atoms with Gasteiger partial charge in [-0.1, -0.05) is 50.3 Å². The highest BCUT2D eigenvalue weighted by molar-refractivity contribution is 6.08. The van der Waals surface area contributed by atoms with Gasteiger partial charge in [-0.15, -0.1) is 6.58 Å². The van der Waals surface area contributed by atoms with Crippen molar-refractivity contribution in [2.75, 3.05) is 0 Å². The highest BCUT2D eigenvalue weighted by Crippen LogP contribution is 2.42. The Labute approximate surface area is 106 Å². The van der Waals surface area contributed by atoms with Gasteiger partial charge in [-0.2, -0.15) is 0 Å². The van der Waals surface area contributed by atoms with E-state index in [9.17, 15) is 9.59 Å². The van der Waals surface area contributed by atoms with E-state index < -0.39 is 17.0 Å². The van der Waals surface area contributed by atoms with Gasteiger partial charge in [-0.25, -0.2) is 4.79 Å². The number of amides is 3. The molecule has 1 aliphatic heterocycles. The van der Waals surface area contributed by atoms with Gasteiger partial charge in [0.05, 0.1) is 0 Å². The molecule has 0 radical (unpaired) electrons. The third-order valence-corrected chi connectivity index (χ3v) is 3.55. The first-order valence-electron chi connectivity index (χ1n) is 5.77. The molecule has 0 saturated carbocycles. The minimum atomic E-state index is -1.10. The van der Waals surface area contributed by atoms with E-state index in [1.165, 1.54) is 0 Å². The minimum absolute atomic E-state index is 0.344. The van der Waals surface area contributed by atoms with Gasteiger partial charge in [0.1, 0.15) is 0 Å². The van der Waals surface area contributed by atoms with Gasteiger partial charge in [-0.3, -0.25) is 10.1 Å². The van der Waals surface area contributed by atoms with Crippen molar-refractivity contribution in [2.45, 2.75) is 19.4 Å². The van der Waals surface area contributed by atoms with Crippen molar-refractivity contribution in [3.05, 3.63) is 48.6 Å². The van der Waals surface area contributed by atoms with Crippen LogP contribution in [0.15, 0.2) is 43.0 Å². The molecule has 3 amide bonds. The summed E-state index contributed by atoms with van der Waals surface area (Å²) in [6.45, 7) is 7.52. The molecule has 0 aromatic heterocycles. The zero-order chi connectivity index (χ0) is 13.4. The summed E-state index contributed by atoms with van der Waals surface area (Å²) in [7, 11) is 0. The topological polar surface area (TPSA) is 58.2 Å². The second-order valence-electron chi connectivity index (χ2n) is 4.95. The SMILES string of the molecule is C=CC(C)(C)C1(c2ccccc2)NC(=O)NC1=O. The van der Waals surface area contributed by atoms with E-state index in [1.807, 2.05) is 44.2 Å². The van der Waals surface area contributed by atoms with E-state index in [4.69, 9.17) is 0 Å². The molecule has 1 fully saturated rings. The Bertz CT molecular complexity index is 508. The number of carbonyl (C=O) groups excluding carboxylic acids is 2. The summed E-state index contributed by atoms with van der Waals surface area (Å²) in [6, 6.07) is 8.74. The molecule has 1 atom stereocenters. The minimum Gasteiger partial charge on any atom is -0.319 e. The summed E-state index contributed by atoms with van der Waals surface area (Å²) in [6.07, 6.45) is 1.69. The first kappa shape index (κ1) is 12.4. The maximum absolute atomic E-state index is 12.3. The molecule has 4 nitrogen and oxygen atoms in total. The zero-order valence-corrected chi connectivity index (χ0v) is 10.5. The number of imide groups is 1. The summed E-state index contributed by atoms with van der Waals surface area (Å²) in [5.41, 5.74) is -0.962. The number of nitrogens with one attached hydrogen (secondary N) is 2. The largest absolute Gasteiger partial charge is 0.322 e. The average molecular weight is 244 g/mol. The number of benzene rings is 1. The van der Waals surface area contributed by atoms with Gasteiger partial charge in [0.2, 0.25) is 0 Å². The van der Waals surface area contributed by atoms with E-state index in [0.29, 0.717) is 0 Å². The Morgan fingerprint density at radius 1 is 1.22 bits per heavy atom. The number of urea groups is 1. The van der Waals surface area contributed by atoms with Crippen LogP contribution in [0.3, 0.4) is 0 Å². The predicted molar refractivity (Wildman–Crippen MR) is 68.8 cm³/mol. The van der Waals surface area contributed by atoms with Crippen LogP contribution in [0.4, 0.5) is 4.79 Å². The second-order valence-corrected chi connectivity index (χ2v) is 4.95. The molecule has 4 heteroatoms. The maximum Gasteiger partial charge on any atom is 0.322 e. The fourth-order valence-electron chi connectivity index (χ4n) is 2.33. The normalized spacial score (nSPS) is 23.4. The van der Waals surface area contributed by atoms with Gasteiger partial charge in [0.25, 0.3) is 5.91 Å². The molecule has 18 heavy (non-hydrogen) atoms. The zero-order valence-electron chi connectivity index (χ0n) is 10.5. The van der Waals surface area contributed by atoms with Crippen molar-refractivity contribution >= 4 is 11.9 Å². The monoisotopic (exact) mass is 244 g/mol. The van der Waals surface area contributed by atoms with Crippen LogP contribution >= 0.6 is 0 Å². The van der Waals surface area contributed by atoms with Crippen LogP contribution in [-0.2, 0) is 10.3 Å². The lowest BCUT2D eigenvalue weighted by atomic mass is 9.68. The lowest BCUT2D eigenvalue weighted by Gasteiger charge is -2.39. The molecule has 0 spiro atoms. The molecule has 2 rings (SSSR count). The van der Waals surface area contributed by atoms with E-state index >= 15 is 0 Å². The standard InChI is InChI=1S/C14H16N2O2/c1-4-13(2,3)14(10-8-6-5-7-9-10)11(17)15-12(18)16-14/h4-9H,1H2,2-3H3,(H2,15,16,17,18). The quantitative estimate of drug-likeness (QED) is 0.630.